The van der Waals surface area contributed by atoms with Crippen molar-refractivity contribution in [1.82, 2.24) is 9.99 Å². The maximum atomic E-state index is 12.6. The third-order valence-electron chi connectivity index (χ3n) is 4.62. The number of fused-ring (bicyclic) bond motifs is 3. The standard InChI is InChI=1S/C22H16F3N3O/c23-22(24,25)16-11-9-15(10-12-16)13-26-27-21(29)14-28-19-7-3-1-5-17(19)18-6-2-4-8-20(18)28/h1-13H,14H2,(H,27,29). The molecule has 0 spiro atoms. The van der Waals surface area contributed by atoms with Crippen molar-refractivity contribution in [2.24, 2.45) is 5.10 Å². The zero-order chi connectivity index (χ0) is 20.4. The zero-order valence-electron chi connectivity index (χ0n) is 15.1. The lowest BCUT2D eigenvalue weighted by atomic mass is 10.1. The number of para-hydroxylation sites is 2. The molecule has 4 nitrogen and oxygen atoms in total. The average molecular weight is 395 g/mol. The van der Waals surface area contributed by atoms with Crippen LogP contribution in [0.5, 0.6) is 0 Å². The number of hydrogen-bond donors (Lipinski definition) is 1. The summed E-state index contributed by atoms with van der Waals surface area (Å²) in [6.45, 7) is 0.0678. The fourth-order valence-electron chi connectivity index (χ4n) is 3.29. The van der Waals surface area contributed by atoms with E-state index in [4.69, 9.17) is 0 Å². The van der Waals surface area contributed by atoms with Crippen molar-refractivity contribution in [2.45, 2.75) is 12.7 Å². The Balaban J connectivity index is 1.50. The Morgan fingerprint density at radius 2 is 1.45 bits per heavy atom. The molecule has 29 heavy (non-hydrogen) atoms. The van der Waals surface area contributed by atoms with Crippen molar-refractivity contribution in [2.75, 3.05) is 0 Å². The quantitative estimate of drug-likeness (QED) is 0.385. The van der Waals surface area contributed by atoms with Crippen LogP contribution in [0.3, 0.4) is 0 Å². The summed E-state index contributed by atoms with van der Waals surface area (Å²) in [6.07, 6.45) is -3.07. The predicted molar refractivity (Wildman–Crippen MR) is 107 cm³/mol. The van der Waals surface area contributed by atoms with Crippen molar-refractivity contribution < 1.29 is 18.0 Å². The Morgan fingerprint density at radius 3 is 2.00 bits per heavy atom. The highest BCUT2D eigenvalue weighted by atomic mass is 19.4. The molecule has 0 atom stereocenters. The van der Waals surface area contributed by atoms with Gasteiger partial charge >= 0.3 is 6.18 Å². The molecule has 0 unspecified atom stereocenters. The van der Waals surface area contributed by atoms with Gasteiger partial charge in [0.15, 0.2) is 0 Å². The molecular formula is C22H16F3N3O. The van der Waals surface area contributed by atoms with Crippen molar-refractivity contribution >= 4 is 33.9 Å². The number of nitrogens with zero attached hydrogens (tertiary/aromatic N) is 2. The van der Waals surface area contributed by atoms with Crippen molar-refractivity contribution in [1.29, 1.82) is 0 Å². The minimum atomic E-state index is -4.38. The van der Waals surface area contributed by atoms with Crippen LogP contribution in [-0.2, 0) is 17.5 Å². The van der Waals surface area contributed by atoms with Gasteiger partial charge in [0.1, 0.15) is 6.54 Å². The van der Waals surface area contributed by atoms with Crippen LogP contribution in [0.2, 0.25) is 0 Å². The van der Waals surface area contributed by atoms with Crippen molar-refractivity contribution in [3.05, 3.63) is 83.9 Å². The SMILES string of the molecule is O=C(Cn1c2ccccc2c2ccccc21)NN=Cc1ccc(C(F)(F)F)cc1. The number of hydrogen-bond acceptors (Lipinski definition) is 2. The van der Waals surface area contributed by atoms with Crippen LogP contribution in [0.15, 0.2) is 77.9 Å². The van der Waals surface area contributed by atoms with Gasteiger partial charge in [-0.2, -0.15) is 18.3 Å². The van der Waals surface area contributed by atoms with Gasteiger partial charge < -0.3 is 4.57 Å². The molecule has 1 aromatic heterocycles. The summed E-state index contributed by atoms with van der Waals surface area (Å²) in [5.41, 5.74) is 4.03. The van der Waals surface area contributed by atoms with Crippen LogP contribution in [0.1, 0.15) is 11.1 Å². The van der Waals surface area contributed by atoms with E-state index in [1.807, 2.05) is 53.1 Å². The number of benzene rings is 3. The van der Waals surface area contributed by atoms with Gasteiger partial charge in [-0.25, -0.2) is 5.43 Å². The van der Waals surface area contributed by atoms with E-state index in [2.05, 4.69) is 10.5 Å². The minimum absolute atomic E-state index is 0.0678. The van der Waals surface area contributed by atoms with Crippen LogP contribution < -0.4 is 5.43 Å². The first-order chi connectivity index (χ1) is 13.9. The lowest BCUT2D eigenvalue weighted by Gasteiger charge is -2.07. The van der Waals surface area contributed by atoms with E-state index in [-0.39, 0.29) is 12.5 Å². The number of hydrazone groups is 1. The van der Waals surface area contributed by atoms with E-state index < -0.39 is 11.7 Å². The Labute approximate surface area is 164 Å². The predicted octanol–water partition coefficient (Wildman–Crippen LogP) is 4.96. The molecule has 1 amide bonds. The molecule has 1 N–H and O–H groups in total. The van der Waals surface area contributed by atoms with E-state index in [1.54, 1.807) is 0 Å². The summed E-state index contributed by atoms with van der Waals surface area (Å²) >= 11 is 0. The Morgan fingerprint density at radius 1 is 0.897 bits per heavy atom. The van der Waals surface area contributed by atoms with Crippen LogP contribution in [0.4, 0.5) is 13.2 Å². The third-order valence-corrected chi connectivity index (χ3v) is 4.62. The first kappa shape index (κ1) is 18.7. The van der Waals surface area contributed by atoms with Gasteiger partial charge in [0.2, 0.25) is 0 Å². The normalized spacial score (nSPS) is 12.1. The second-order valence-corrected chi connectivity index (χ2v) is 6.53. The summed E-state index contributed by atoms with van der Waals surface area (Å²) in [7, 11) is 0. The second-order valence-electron chi connectivity index (χ2n) is 6.53. The topological polar surface area (TPSA) is 46.4 Å². The summed E-state index contributed by atoms with van der Waals surface area (Å²) in [6, 6.07) is 20.2. The average Bonchev–Trinajstić information content (AvgIpc) is 3.02. The Bertz CT molecular complexity index is 1150. The molecule has 0 saturated carbocycles. The van der Waals surface area contributed by atoms with Crippen molar-refractivity contribution in [3.63, 3.8) is 0 Å². The van der Waals surface area contributed by atoms with Gasteiger partial charge in [-0.3, -0.25) is 4.79 Å². The van der Waals surface area contributed by atoms with Gasteiger partial charge in [-0.05, 0) is 29.8 Å². The largest absolute Gasteiger partial charge is 0.416 e. The number of carbonyl (C=O) groups excluding carboxylic acids is 1. The Hall–Kier alpha value is -3.61. The highest BCUT2D eigenvalue weighted by Crippen LogP contribution is 2.29. The van der Waals surface area contributed by atoms with Crippen molar-refractivity contribution in [3.8, 4) is 0 Å². The highest BCUT2D eigenvalue weighted by Gasteiger charge is 2.29. The summed E-state index contributed by atoms with van der Waals surface area (Å²) in [4.78, 5) is 12.4. The fourth-order valence-corrected chi connectivity index (χ4v) is 3.29. The molecule has 0 bridgehead atoms. The van der Waals surface area contributed by atoms with E-state index >= 15 is 0 Å². The molecule has 0 saturated heterocycles. The van der Waals surface area contributed by atoms with E-state index in [1.165, 1.54) is 18.3 Å². The molecular weight excluding hydrogens is 379 g/mol. The lowest BCUT2D eigenvalue weighted by Crippen LogP contribution is -2.23. The number of alkyl halides is 3. The molecule has 0 aliphatic rings. The molecule has 3 aromatic carbocycles. The smallest absolute Gasteiger partial charge is 0.331 e. The van der Waals surface area contributed by atoms with Crippen LogP contribution >= 0.6 is 0 Å². The third kappa shape index (κ3) is 3.85. The maximum absolute atomic E-state index is 12.6. The first-order valence-corrected chi connectivity index (χ1v) is 8.88. The van der Waals surface area contributed by atoms with Crippen LogP contribution in [0, 0.1) is 0 Å². The molecule has 146 valence electrons. The monoisotopic (exact) mass is 395 g/mol. The molecule has 0 fully saturated rings. The summed E-state index contributed by atoms with van der Waals surface area (Å²) in [5.74, 6) is -0.334. The summed E-state index contributed by atoms with van der Waals surface area (Å²) in [5, 5.41) is 5.97. The maximum Gasteiger partial charge on any atom is 0.416 e. The van der Waals surface area contributed by atoms with Gasteiger partial charge in [0.05, 0.1) is 11.8 Å². The lowest BCUT2D eigenvalue weighted by molar-refractivity contribution is -0.137. The number of nitrogens with one attached hydrogen (secondary N) is 1. The first-order valence-electron chi connectivity index (χ1n) is 8.88. The molecule has 1 heterocycles. The van der Waals surface area contributed by atoms with E-state index in [0.29, 0.717) is 5.56 Å². The summed E-state index contributed by atoms with van der Waals surface area (Å²) < 4.78 is 39.7. The number of amides is 1. The second kappa shape index (κ2) is 7.43. The molecule has 0 radical (unpaired) electrons. The van der Waals surface area contributed by atoms with Gasteiger partial charge in [0, 0.05) is 21.8 Å². The minimum Gasteiger partial charge on any atom is -0.331 e. The number of halogens is 3. The van der Waals surface area contributed by atoms with E-state index in [0.717, 1.165) is 33.9 Å². The van der Waals surface area contributed by atoms with Gasteiger partial charge in [-0.1, -0.05) is 48.5 Å². The molecule has 0 aliphatic carbocycles. The number of carbonyl (C=O) groups is 1. The zero-order valence-corrected chi connectivity index (χ0v) is 15.1. The van der Waals surface area contributed by atoms with Gasteiger partial charge in [-0.15, -0.1) is 0 Å². The van der Waals surface area contributed by atoms with E-state index in [9.17, 15) is 18.0 Å². The van der Waals surface area contributed by atoms with Crippen LogP contribution in [-0.4, -0.2) is 16.7 Å². The Kier molecular flexibility index (Phi) is 4.80. The van der Waals surface area contributed by atoms with Gasteiger partial charge in [0.25, 0.3) is 5.91 Å². The highest BCUT2D eigenvalue weighted by molar-refractivity contribution is 6.08. The number of aromatic nitrogens is 1. The fraction of sp³-hybridized carbons (Fsp3) is 0.0909. The van der Waals surface area contributed by atoms with Crippen LogP contribution in [0.25, 0.3) is 21.8 Å². The molecule has 7 heteroatoms. The molecule has 4 aromatic rings. The number of rotatable bonds is 4. The molecule has 4 rings (SSSR count). The molecule has 0 aliphatic heterocycles.